The molecule has 2 heterocycles. The molecule has 2 saturated heterocycles. The van der Waals surface area contributed by atoms with E-state index in [4.69, 9.17) is 14.2 Å². The maximum absolute atomic E-state index is 13.1. The fourth-order valence-corrected chi connectivity index (χ4v) is 5.68. The van der Waals surface area contributed by atoms with Crippen LogP contribution in [0.25, 0.3) is 6.08 Å². The third kappa shape index (κ3) is 6.25. The lowest BCUT2D eigenvalue weighted by atomic mass is 10.2. The van der Waals surface area contributed by atoms with E-state index < -0.39 is 38.0 Å². The number of carbonyl (C=O) groups is 1. The molecule has 10 nitrogen and oxygen atoms in total. The molecule has 0 bridgehead atoms. The highest BCUT2D eigenvalue weighted by atomic mass is 32.3. The second kappa shape index (κ2) is 10.3. The zero-order valence-corrected chi connectivity index (χ0v) is 19.1. The Morgan fingerprint density at radius 2 is 1.91 bits per heavy atom. The molecular weight excluding hydrogens is 467 g/mol. The van der Waals surface area contributed by atoms with Crippen LogP contribution in [0.3, 0.4) is 0 Å². The lowest BCUT2D eigenvalue weighted by molar-refractivity contribution is -0.132. The molecule has 1 unspecified atom stereocenters. The summed E-state index contributed by atoms with van der Waals surface area (Å²) in [7, 11) is -7.17. The number of sulfonamides is 1. The van der Waals surface area contributed by atoms with Crippen molar-refractivity contribution in [2.45, 2.75) is 11.0 Å². The molecule has 178 valence electrons. The Kier molecular flexibility index (Phi) is 7.88. The summed E-state index contributed by atoms with van der Waals surface area (Å²) in [6, 6.07) is 4.54. The molecule has 0 aromatic heterocycles. The molecule has 13 heteroatoms. The molecule has 2 fully saturated rings. The lowest BCUT2D eigenvalue weighted by Crippen LogP contribution is -2.47. The largest absolute Gasteiger partial charge is 0.495 e. The number of nitrogens with zero attached hydrogens (tertiary/aromatic N) is 2. The van der Waals surface area contributed by atoms with Crippen molar-refractivity contribution in [1.82, 2.24) is 9.21 Å². The van der Waals surface area contributed by atoms with Crippen LogP contribution in [0.1, 0.15) is 5.56 Å². The topological polar surface area (TPSA) is 120 Å². The van der Waals surface area contributed by atoms with Crippen LogP contribution in [0.2, 0.25) is 0 Å². The zero-order valence-electron chi connectivity index (χ0n) is 17.5. The third-order valence-electron chi connectivity index (χ3n) is 5.03. The van der Waals surface area contributed by atoms with Crippen molar-refractivity contribution in [3.05, 3.63) is 29.8 Å². The number of ether oxygens (including phenoxy) is 3. The number of morpholine rings is 2. The van der Waals surface area contributed by atoms with E-state index in [1.54, 1.807) is 6.07 Å². The molecule has 0 radical (unpaired) electrons. The van der Waals surface area contributed by atoms with Gasteiger partial charge in [-0.05, 0) is 23.8 Å². The van der Waals surface area contributed by atoms with E-state index in [9.17, 15) is 25.5 Å². The molecule has 1 aromatic rings. The summed E-state index contributed by atoms with van der Waals surface area (Å²) in [6.07, 6.45) is 1.76. The minimum absolute atomic E-state index is 0.0175. The summed E-state index contributed by atoms with van der Waals surface area (Å²) < 4.78 is 77.6. The van der Waals surface area contributed by atoms with Gasteiger partial charge in [0.15, 0.2) is 0 Å². The Bertz CT molecular complexity index is 1070. The number of methoxy groups -OCH3 is 1. The highest BCUT2D eigenvalue weighted by Crippen LogP contribution is 2.29. The molecule has 3 rings (SSSR count). The molecular formula is C19H25FN2O8S2. The molecule has 0 spiro atoms. The van der Waals surface area contributed by atoms with Crippen LogP contribution >= 0.6 is 0 Å². The normalized spacial score (nSPS) is 21.1. The number of amides is 1. The van der Waals surface area contributed by atoms with Crippen LogP contribution in [0.15, 0.2) is 29.2 Å². The molecule has 1 atom stereocenters. The monoisotopic (exact) mass is 492 g/mol. The van der Waals surface area contributed by atoms with Gasteiger partial charge in [-0.15, -0.1) is 3.89 Å². The van der Waals surface area contributed by atoms with Crippen LogP contribution in [-0.2, 0) is 34.5 Å². The summed E-state index contributed by atoms with van der Waals surface area (Å²) in [5.74, 6) is -1.06. The lowest BCUT2D eigenvalue weighted by Gasteiger charge is -2.31. The minimum atomic E-state index is -4.72. The highest BCUT2D eigenvalue weighted by molar-refractivity contribution is 7.89. The number of benzene rings is 1. The van der Waals surface area contributed by atoms with Gasteiger partial charge >= 0.3 is 10.2 Å². The van der Waals surface area contributed by atoms with Gasteiger partial charge in [0.1, 0.15) is 16.4 Å². The standard InChI is InChI=1S/C19H25FN2O8S2/c1-28-17-4-2-15(12-18(17)32(26,27)22-7-9-29-10-8-22)3-5-19(23)21-6-11-30-16(13-21)14-31(20,24)25/h2-5,12,16H,6-11,13-14H2,1H3/b5-3+. The molecule has 1 aromatic carbocycles. The Balaban J connectivity index is 1.75. The average molecular weight is 493 g/mol. The first kappa shape index (κ1) is 24.6. The van der Waals surface area contributed by atoms with Crippen molar-refractivity contribution in [2.75, 3.05) is 58.9 Å². The first-order chi connectivity index (χ1) is 15.1. The van der Waals surface area contributed by atoms with Crippen molar-refractivity contribution >= 4 is 32.2 Å². The van der Waals surface area contributed by atoms with E-state index in [0.29, 0.717) is 18.8 Å². The molecule has 0 N–H and O–H groups in total. The maximum Gasteiger partial charge on any atom is 0.305 e. The second-order valence-electron chi connectivity index (χ2n) is 7.24. The van der Waals surface area contributed by atoms with E-state index in [2.05, 4.69) is 0 Å². The van der Waals surface area contributed by atoms with Gasteiger partial charge in [0.25, 0.3) is 0 Å². The zero-order chi connectivity index (χ0) is 23.4. The average Bonchev–Trinajstić information content (AvgIpc) is 2.77. The smallest absolute Gasteiger partial charge is 0.305 e. The Hall–Kier alpha value is -2.06. The Morgan fingerprint density at radius 3 is 2.56 bits per heavy atom. The molecule has 2 aliphatic heterocycles. The predicted molar refractivity (Wildman–Crippen MR) is 113 cm³/mol. The van der Waals surface area contributed by atoms with Crippen LogP contribution in [0.5, 0.6) is 5.75 Å². The van der Waals surface area contributed by atoms with Crippen LogP contribution in [-0.4, -0.2) is 96.9 Å². The maximum atomic E-state index is 13.1. The first-order valence-corrected chi connectivity index (χ1v) is 12.9. The van der Waals surface area contributed by atoms with E-state index >= 15 is 0 Å². The number of hydrogen-bond donors (Lipinski definition) is 0. The highest BCUT2D eigenvalue weighted by Gasteiger charge is 2.30. The third-order valence-corrected chi connectivity index (χ3v) is 7.72. The van der Waals surface area contributed by atoms with Gasteiger partial charge in [0, 0.05) is 32.3 Å². The van der Waals surface area contributed by atoms with Gasteiger partial charge in [0.2, 0.25) is 15.9 Å². The molecule has 1 amide bonds. The fourth-order valence-electron chi connectivity index (χ4n) is 3.44. The van der Waals surface area contributed by atoms with Gasteiger partial charge in [-0.25, -0.2) is 8.42 Å². The van der Waals surface area contributed by atoms with Crippen LogP contribution < -0.4 is 4.74 Å². The van der Waals surface area contributed by atoms with Crippen LogP contribution in [0.4, 0.5) is 3.89 Å². The number of halogens is 1. The molecule has 32 heavy (non-hydrogen) atoms. The summed E-state index contributed by atoms with van der Waals surface area (Å²) >= 11 is 0. The van der Waals surface area contributed by atoms with Crippen molar-refractivity contribution in [1.29, 1.82) is 0 Å². The SMILES string of the molecule is COc1ccc(/C=C/C(=O)N2CCOC(CS(=O)(=O)F)C2)cc1S(=O)(=O)N1CCOCC1. The van der Waals surface area contributed by atoms with E-state index in [1.807, 2.05) is 0 Å². The number of rotatable bonds is 7. The number of hydrogen-bond acceptors (Lipinski definition) is 8. The summed E-state index contributed by atoms with van der Waals surface area (Å²) in [5.41, 5.74) is 0.460. The van der Waals surface area contributed by atoms with Crippen molar-refractivity contribution in [3.63, 3.8) is 0 Å². The van der Waals surface area contributed by atoms with E-state index in [-0.39, 0.29) is 43.4 Å². The van der Waals surface area contributed by atoms with Crippen molar-refractivity contribution in [2.24, 2.45) is 0 Å². The Morgan fingerprint density at radius 1 is 1.19 bits per heavy atom. The second-order valence-corrected chi connectivity index (χ2v) is 10.6. The minimum Gasteiger partial charge on any atom is -0.495 e. The summed E-state index contributed by atoms with van der Waals surface area (Å²) in [6.45, 7) is 1.33. The van der Waals surface area contributed by atoms with Gasteiger partial charge in [-0.2, -0.15) is 12.7 Å². The van der Waals surface area contributed by atoms with Crippen LogP contribution in [0, 0.1) is 0 Å². The summed E-state index contributed by atoms with van der Waals surface area (Å²) in [4.78, 5) is 13.8. The van der Waals surface area contributed by atoms with Gasteiger partial charge < -0.3 is 19.1 Å². The molecule has 2 aliphatic rings. The number of carbonyl (C=O) groups excluding carboxylic acids is 1. The van der Waals surface area contributed by atoms with Crippen molar-refractivity contribution in [3.8, 4) is 5.75 Å². The van der Waals surface area contributed by atoms with Crippen molar-refractivity contribution < 1.29 is 39.7 Å². The summed E-state index contributed by atoms with van der Waals surface area (Å²) in [5, 5.41) is 0. The predicted octanol–water partition coefficient (Wildman–Crippen LogP) is 0.256. The molecule has 0 aliphatic carbocycles. The van der Waals surface area contributed by atoms with E-state index in [0.717, 1.165) is 0 Å². The molecule has 0 saturated carbocycles. The van der Waals surface area contributed by atoms with Gasteiger partial charge in [0.05, 0.1) is 33.0 Å². The first-order valence-electron chi connectivity index (χ1n) is 9.87. The van der Waals surface area contributed by atoms with Gasteiger partial charge in [-0.3, -0.25) is 4.79 Å². The van der Waals surface area contributed by atoms with E-state index in [1.165, 1.54) is 40.6 Å². The Labute approximate surface area is 186 Å². The van der Waals surface area contributed by atoms with Gasteiger partial charge in [-0.1, -0.05) is 6.07 Å². The quantitative estimate of drug-likeness (QED) is 0.393. The fraction of sp³-hybridized carbons (Fsp3) is 0.526.